The highest BCUT2D eigenvalue weighted by molar-refractivity contribution is 14.1. The molecule has 0 saturated carbocycles. The van der Waals surface area contributed by atoms with Crippen molar-refractivity contribution in [2.75, 3.05) is 37.6 Å². The summed E-state index contributed by atoms with van der Waals surface area (Å²) in [5.74, 6) is 1.14. The van der Waals surface area contributed by atoms with Crippen molar-refractivity contribution in [1.82, 2.24) is 9.88 Å². The van der Waals surface area contributed by atoms with Crippen molar-refractivity contribution >= 4 is 28.4 Å². The molecule has 0 spiro atoms. The van der Waals surface area contributed by atoms with E-state index in [9.17, 15) is 0 Å². The van der Waals surface area contributed by atoms with Crippen LogP contribution in [0.1, 0.15) is 19.0 Å². The fourth-order valence-electron chi connectivity index (χ4n) is 2.22. The molecule has 0 radical (unpaired) electrons. The summed E-state index contributed by atoms with van der Waals surface area (Å²) in [6, 6.07) is 4.31. The molecule has 0 N–H and O–H groups in total. The van der Waals surface area contributed by atoms with Gasteiger partial charge in [0.15, 0.2) is 0 Å². The lowest BCUT2D eigenvalue weighted by Gasteiger charge is -2.35. The average Bonchev–Trinajstić information content (AvgIpc) is 2.34. The second-order valence-corrected chi connectivity index (χ2v) is 5.73. The molecule has 0 atom stereocenters. The summed E-state index contributed by atoms with van der Waals surface area (Å²) in [6.45, 7) is 10.1. The maximum absolute atomic E-state index is 4.67. The quantitative estimate of drug-likeness (QED) is 0.785. The molecule has 0 aliphatic carbocycles. The molecule has 17 heavy (non-hydrogen) atoms. The van der Waals surface area contributed by atoms with Gasteiger partial charge in [0.25, 0.3) is 0 Å². The van der Waals surface area contributed by atoms with Gasteiger partial charge in [0, 0.05) is 29.7 Å². The summed E-state index contributed by atoms with van der Waals surface area (Å²) in [7, 11) is 0. The van der Waals surface area contributed by atoms with Gasteiger partial charge in [-0.1, -0.05) is 6.92 Å². The lowest BCUT2D eigenvalue weighted by molar-refractivity contribution is 0.258. The van der Waals surface area contributed by atoms with E-state index in [1.54, 1.807) is 0 Å². The molecule has 1 fully saturated rings. The minimum absolute atomic E-state index is 1.10. The van der Waals surface area contributed by atoms with Crippen molar-refractivity contribution in [2.45, 2.75) is 20.3 Å². The fourth-order valence-corrected chi connectivity index (χ4v) is 2.52. The molecule has 1 aliphatic heterocycles. The third-order valence-corrected chi connectivity index (χ3v) is 4.38. The van der Waals surface area contributed by atoms with Crippen LogP contribution in [0.25, 0.3) is 0 Å². The Hall–Kier alpha value is -0.360. The van der Waals surface area contributed by atoms with E-state index in [0.717, 1.165) is 24.6 Å². The van der Waals surface area contributed by atoms with Crippen molar-refractivity contribution in [3.63, 3.8) is 0 Å². The number of rotatable bonds is 3. The lowest BCUT2D eigenvalue weighted by atomic mass is 10.3. The predicted molar refractivity (Wildman–Crippen MR) is 80.6 cm³/mol. The Balaban J connectivity index is 1.98. The van der Waals surface area contributed by atoms with Crippen LogP contribution in [0.3, 0.4) is 0 Å². The van der Waals surface area contributed by atoms with E-state index in [4.69, 9.17) is 0 Å². The molecular formula is C13H20IN3. The normalized spacial score (nSPS) is 17.5. The summed E-state index contributed by atoms with van der Waals surface area (Å²) < 4.78 is 1.25. The van der Waals surface area contributed by atoms with Crippen LogP contribution in [0.4, 0.5) is 5.82 Å². The number of hydrogen-bond acceptors (Lipinski definition) is 3. The smallest absolute Gasteiger partial charge is 0.128 e. The molecule has 94 valence electrons. The molecule has 0 aromatic carbocycles. The van der Waals surface area contributed by atoms with Crippen molar-refractivity contribution in [3.05, 3.63) is 21.4 Å². The van der Waals surface area contributed by atoms with Gasteiger partial charge in [-0.05, 0) is 54.6 Å². The lowest BCUT2D eigenvalue weighted by Crippen LogP contribution is -2.46. The van der Waals surface area contributed by atoms with Crippen LogP contribution in [0.2, 0.25) is 0 Å². The first kappa shape index (κ1) is 13.1. The van der Waals surface area contributed by atoms with Crippen molar-refractivity contribution in [1.29, 1.82) is 0 Å². The highest BCUT2D eigenvalue weighted by Crippen LogP contribution is 2.17. The minimum Gasteiger partial charge on any atom is -0.354 e. The van der Waals surface area contributed by atoms with Crippen LogP contribution in [-0.4, -0.2) is 42.6 Å². The number of nitrogens with zero attached hydrogens (tertiary/aromatic N) is 3. The van der Waals surface area contributed by atoms with Gasteiger partial charge in [0.2, 0.25) is 0 Å². The van der Waals surface area contributed by atoms with Crippen molar-refractivity contribution in [2.24, 2.45) is 0 Å². The van der Waals surface area contributed by atoms with E-state index in [1.165, 1.54) is 29.6 Å². The molecule has 0 bridgehead atoms. The van der Waals surface area contributed by atoms with E-state index >= 15 is 0 Å². The van der Waals surface area contributed by atoms with Crippen LogP contribution in [-0.2, 0) is 0 Å². The molecule has 0 unspecified atom stereocenters. The highest BCUT2D eigenvalue weighted by Gasteiger charge is 2.17. The zero-order valence-electron chi connectivity index (χ0n) is 10.6. The summed E-state index contributed by atoms with van der Waals surface area (Å²) in [6.07, 6.45) is 1.25. The van der Waals surface area contributed by atoms with E-state index < -0.39 is 0 Å². The number of aryl methyl sites for hydroxylation is 1. The van der Waals surface area contributed by atoms with Crippen LogP contribution in [0, 0.1) is 10.5 Å². The molecule has 0 amide bonds. The van der Waals surface area contributed by atoms with E-state index in [0.29, 0.717) is 0 Å². The summed E-state index contributed by atoms with van der Waals surface area (Å²) >= 11 is 2.34. The number of aromatic nitrogens is 1. The predicted octanol–water partition coefficient (Wildman–Crippen LogP) is 2.53. The zero-order chi connectivity index (χ0) is 12.3. The molecule has 3 nitrogen and oxygen atoms in total. The van der Waals surface area contributed by atoms with Crippen LogP contribution < -0.4 is 4.90 Å². The number of anilines is 1. The molecular weight excluding hydrogens is 325 g/mol. The number of hydrogen-bond donors (Lipinski definition) is 0. The van der Waals surface area contributed by atoms with Crippen molar-refractivity contribution in [3.8, 4) is 0 Å². The first-order chi connectivity index (χ1) is 8.20. The van der Waals surface area contributed by atoms with Crippen molar-refractivity contribution < 1.29 is 0 Å². The Morgan fingerprint density at radius 2 is 1.94 bits per heavy atom. The summed E-state index contributed by atoms with van der Waals surface area (Å²) in [4.78, 5) is 9.60. The van der Waals surface area contributed by atoms with Crippen LogP contribution in [0.15, 0.2) is 12.1 Å². The summed E-state index contributed by atoms with van der Waals surface area (Å²) in [5.41, 5.74) is 1.14. The Morgan fingerprint density at radius 3 is 2.53 bits per heavy atom. The molecule has 2 rings (SSSR count). The molecule has 1 aromatic heterocycles. The fraction of sp³-hybridized carbons (Fsp3) is 0.615. The SMILES string of the molecule is CCCN1CCN(c2ccc(I)c(C)n2)CC1. The topological polar surface area (TPSA) is 19.4 Å². The average molecular weight is 345 g/mol. The Bertz CT molecular complexity index is 373. The van der Waals surface area contributed by atoms with Gasteiger partial charge in [-0.25, -0.2) is 4.98 Å². The number of halogens is 1. The number of pyridine rings is 1. The first-order valence-corrected chi connectivity index (χ1v) is 7.39. The molecule has 1 aromatic rings. The largest absolute Gasteiger partial charge is 0.354 e. The Morgan fingerprint density at radius 1 is 1.24 bits per heavy atom. The van der Waals surface area contributed by atoms with Gasteiger partial charge in [0.05, 0.1) is 5.69 Å². The van der Waals surface area contributed by atoms with Crippen LogP contribution >= 0.6 is 22.6 Å². The maximum Gasteiger partial charge on any atom is 0.128 e. The van der Waals surface area contributed by atoms with E-state index in [-0.39, 0.29) is 0 Å². The van der Waals surface area contributed by atoms with Crippen LogP contribution in [0.5, 0.6) is 0 Å². The molecule has 2 heterocycles. The third-order valence-electron chi connectivity index (χ3n) is 3.24. The highest BCUT2D eigenvalue weighted by atomic mass is 127. The van der Waals surface area contributed by atoms with Gasteiger partial charge < -0.3 is 4.90 Å². The monoisotopic (exact) mass is 345 g/mol. The number of piperazine rings is 1. The molecule has 1 aliphatic rings. The second kappa shape index (κ2) is 6.00. The van der Waals surface area contributed by atoms with E-state index in [2.05, 4.69) is 63.4 Å². The first-order valence-electron chi connectivity index (χ1n) is 6.31. The second-order valence-electron chi connectivity index (χ2n) is 4.57. The standard InChI is InChI=1S/C13H20IN3/c1-3-6-16-7-9-17(10-8-16)13-5-4-12(14)11(2)15-13/h4-5H,3,6-10H2,1-2H3. The van der Waals surface area contributed by atoms with E-state index in [1.807, 2.05) is 0 Å². The zero-order valence-corrected chi connectivity index (χ0v) is 12.8. The Kier molecular flexibility index (Phi) is 4.62. The molecule has 1 saturated heterocycles. The third kappa shape index (κ3) is 3.31. The maximum atomic E-state index is 4.67. The van der Waals surface area contributed by atoms with Gasteiger partial charge in [-0.2, -0.15) is 0 Å². The minimum atomic E-state index is 1.10. The summed E-state index contributed by atoms with van der Waals surface area (Å²) in [5, 5.41) is 0. The Labute approximate surface area is 117 Å². The van der Waals surface area contributed by atoms with Gasteiger partial charge >= 0.3 is 0 Å². The molecule has 4 heteroatoms. The van der Waals surface area contributed by atoms with Gasteiger partial charge in [-0.3, -0.25) is 4.90 Å². The van der Waals surface area contributed by atoms with Gasteiger partial charge in [-0.15, -0.1) is 0 Å². The van der Waals surface area contributed by atoms with Gasteiger partial charge in [0.1, 0.15) is 5.82 Å².